The summed E-state index contributed by atoms with van der Waals surface area (Å²) in [4.78, 5) is 29.7. The fourth-order valence-electron chi connectivity index (χ4n) is 2.87. The Morgan fingerprint density at radius 2 is 2.23 bits per heavy atom. The van der Waals surface area contributed by atoms with E-state index in [2.05, 4.69) is 25.0 Å². The second-order valence-electron chi connectivity index (χ2n) is 5.64. The quantitative estimate of drug-likeness (QED) is 0.845. The van der Waals surface area contributed by atoms with E-state index in [0.29, 0.717) is 29.9 Å². The minimum absolute atomic E-state index is 0.0610. The van der Waals surface area contributed by atoms with Crippen molar-refractivity contribution in [3.05, 3.63) is 34.6 Å². The van der Waals surface area contributed by atoms with Gasteiger partial charge in [-0.15, -0.1) is 0 Å². The molecule has 5 rings (SSSR count). The molecule has 8 nitrogen and oxygen atoms in total. The van der Waals surface area contributed by atoms with Crippen molar-refractivity contribution in [1.82, 2.24) is 20.4 Å². The zero-order valence-electron chi connectivity index (χ0n) is 11.6. The number of hydrogen-bond acceptors (Lipinski definition) is 6. The Labute approximate surface area is 124 Å². The van der Waals surface area contributed by atoms with Gasteiger partial charge >= 0.3 is 5.76 Å². The van der Waals surface area contributed by atoms with Gasteiger partial charge in [-0.2, -0.15) is 0 Å². The van der Waals surface area contributed by atoms with E-state index >= 15 is 0 Å². The predicted octanol–water partition coefficient (Wildman–Crippen LogP) is 0.332. The van der Waals surface area contributed by atoms with Crippen molar-refractivity contribution in [1.29, 1.82) is 0 Å². The molecule has 2 N–H and O–H groups in total. The average Bonchev–Trinajstić information content (AvgIpc) is 2.93. The van der Waals surface area contributed by atoms with Crippen molar-refractivity contribution in [2.24, 2.45) is 5.92 Å². The largest absolute Gasteiger partial charge is 0.439 e. The van der Waals surface area contributed by atoms with Gasteiger partial charge in [0.2, 0.25) is 0 Å². The zero-order valence-corrected chi connectivity index (χ0v) is 11.6. The van der Waals surface area contributed by atoms with E-state index in [9.17, 15) is 9.59 Å². The van der Waals surface area contributed by atoms with Crippen LogP contribution in [-0.4, -0.2) is 39.8 Å². The molecule has 0 aromatic carbocycles. The first-order valence-electron chi connectivity index (χ1n) is 7.14. The standard InChI is InChI=1S/C14H14N4O4/c19-13(16-11-6-21-9-3-8(11)4-9)10-2-1-7(5-15-10)12-17-14(20)22-18-12/h1-2,5,8-9,11H,3-4,6H2,(H,16,19)(H,17,18,20). The number of aromatic nitrogens is 3. The van der Waals surface area contributed by atoms with Gasteiger partial charge in [-0.1, -0.05) is 5.16 Å². The third kappa shape index (κ3) is 2.31. The molecule has 8 heteroatoms. The van der Waals surface area contributed by atoms with Crippen molar-refractivity contribution in [2.45, 2.75) is 25.0 Å². The van der Waals surface area contributed by atoms with Gasteiger partial charge in [-0.3, -0.25) is 19.3 Å². The number of pyridine rings is 1. The number of carbonyl (C=O) groups is 1. The minimum atomic E-state index is -0.632. The highest BCUT2D eigenvalue weighted by molar-refractivity contribution is 5.92. The molecule has 2 aliphatic heterocycles. The summed E-state index contributed by atoms with van der Waals surface area (Å²) in [5, 5.41) is 6.54. The Morgan fingerprint density at radius 3 is 2.82 bits per heavy atom. The van der Waals surface area contributed by atoms with Crippen LogP contribution in [0.25, 0.3) is 11.4 Å². The molecule has 4 heterocycles. The highest BCUT2D eigenvalue weighted by Gasteiger charge is 2.41. The smallest absolute Gasteiger partial charge is 0.376 e. The second-order valence-corrected chi connectivity index (χ2v) is 5.64. The second kappa shape index (κ2) is 5.06. The first kappa shape index (κ1) is 13.2. The van der Waals surface area contributed by atoms with Gasteiger partial charge in [0.1, 0.15) is 5.69 Å². The molecule has 0 radical (unpaired) electrons. The number of ether oxygens (including phenoxy) is 1. The molecule has 2 bridgehead atoms. The van der Waals surface area contributed by atoms with Gasteiger partial charge in [0.05, 0.1) is 18.8 Å². The summed E-state index contributed by atoms with van der Waals surface area (Å²) in [5.41, 5.74) is 0.890. The molecule has 1 amide bonds. The molecule has 1 atom stereocenters. The van der Waals surface area contributed by atoms with Crippen molar-refractivity contribution in [3.63, 3.8) is 0 Å². The Hall–Kier alpha value is -2.48. The summed E-state index contributed by atoms with van der Waals surface area (Å²) in [6, 6.07) is 3.31. The monoisotopic (exact) mass is 302 g/mol. The Bertz CT molecular complexity index is 742. The van der Waals surface area contributed by atoms with Crippen LogP contribution in [0, 0.1) is 5.92 Å². The normalized spacial score (nSPS) is 26.3. The molecule has 2 aromatic heterocycles. The summed E-state index contributed by atoms with van der Waals surface area (Å²) in [6.07, 6.45) is 3.91. The van der Waals surface area contributed by atoms with Gasteiger partial charge < -0.3 is 10.1 Å². The minimum Gasteiger partial charge on any atom is -0.376 e. The molecule has 0 spiro atoms. The summed E-state index contributed by atoms with van der Waals surface area (Å²) >= 11 is 0. The zero-order chi connectivity index (χ0) is 15.1. The van der Waals surface area contributed by atoms with Crippen molar-refractivity contribution < 1.29 is 14.1 Å². The van der Waals surface area contributed by atoms with Gasteiger partial charge in [-0.05, 0) is 30.9 Å². The molecular formula is C14H14N4O4. The fourth-order valence-corrected chi connectivity index (χ4v) is 2.87. The molecule has 1 saturated carbocycles. The van der Waals surface area contributed by atoms with Gasteiger partial charge in [0.25, 0.3) is 5.91 Å². The number of hydrogen-bond donors (Lipinski definition) is 2. The number of fused-ring (bicyclic) bond motifs is 2. The van der Waals surface area contributed by atoms with E-state index in [0.717, 1.165) is 12.8 Å². The Kier molecular flexibility index (Phi) is 3.04. The van der Waals surface area contributed by atoms with E-state index in [1.165, 1.54) is 6.20 Å². The lowest BCUT2D eigenvalue weighted by Crippen LogP contribution is -2.55. The molecule has 1 unspecified atom stereocenters. The van der Waals surface area contributed by atoms with Crippen LogP contribution in [0.3, 0.4) is 0 Å². The lowest BCUT2D eigenvalue weighted by molar-refractivity contribution is -0.108. The SMILES string of the molecule is O=C(NC1COC2CC1C2)c1ccc(-c2noc(=O)[nH]2)cn1. The number of carbonyl (C=O) groups excluding carboxylic acids is 1. The van der Waals surface area contributed by atoms with Crippen LogP contribution in [0.15, 0.2) is 27.6 Å². The van der Waals surface area contributed by atoms with Gasteiger partial charge in [0, 0.05) is 11.8 Å². The average molecular weight is 302 g/mol. The van der Waals surface area contributed by atoms with E-state index in [1.54, 1.807) is 12.1 Å². The molecule has 3 fully saturated rings. The van der Waals surface area contributed by atoms with E-state index in [1.807, 2.05) is 0 Å². The van der Waals surface area contributed by atoms with Crippen LogP contribution < -0.4 is 11.1 Å². The molecule has 22 heavy (non-hydrogen) atoms. The molecule has 3 aliphatic rings. The third-order valence-electron chi connectivity index (χ3n) is 4.24. The van der Waals surface area contributed by atoms with Crippen molar-refractivity contribution >= 4 is 5.91 Å². The number of aromatic amines is 1. The third-order valence-corrected chi connectivity index (χ3v) is 4.24. The number of rotatable bonds is 3. The molecule has 2 aromatic rings. The molecule has 114 valence electrons. The van der Waals surface area contributed by atoms with Crippen molar-refractivity contribution in [2.75, 3.05) is 6.61 Å². The van der Waals surface area contributed by atoms with Gasteiger partial charge in [-0.25, -0.2) is 4.79 Å². The first-order valence-corrected chi connectivity index (χ1v) is 7.14. The Balaban J connectivity index is 1.45. The van der Waals surface area contributed by atoms with Crippen LogP contribution in [0.5, 0.6) is 0 Å². The van der Waals surface area contributed by atoms with Crippen LogP contribution in [-0.2, 0) is 4.74 Å². The highest BCUT2D eigenvalue weighted by atomic mass is 16.5. The fraction of sp³-hybridized carbons (Fsp3) is 0.429. The number of nitrogens with one attached hydrogen (secondary N) is 2. The highest BCUT2D eigenvalue weighted by Crippen LogP contribution is 2.37. The van der Waals surface area contributed by atoms with Crippen LogP contribution in [0.1, 0.15) is 23.3 Å². The maximum absolute atomic E-state index is 12.2. The van der Waals surface area contributed by atoms with Crippen LogP contribution in [0.4, 0.5) is 0 Å². The maximum atomic E-state index is 12.2. The lowest BCUT2D eigenvalue weighted by Gasteiger charge is -2.46. The van der Waals surface area contributed by atoms with Gasteiger partial charge in [0.15, 0.2) is 5.82 Å². The number of nitrogens with zero attached hydrogens (tertiary/aromatic N) is 2. The van der Waals surface area contributed by atoms with Crippen LogP contribution in [0.2, 0.25) is 0 Å². The molecule has 2 saturated heterocycles. The van der Waals surface area contributed by atoms with E-state index in [-0.39, 0.29) is 17.8 Å². The van der Waals surface area contributed by atoms with E-state index in [4.69, 9.17) is 4.74 Å². The summed E-state index contributed by atoms with van der Waals surface area (Å²) in [7, 11) is 0. The summed E-state index contributed by atoms with van der Waals surface area (Å²) < 4.78 is 10.0. The van der Waals surface area contributed by atoms with E-state index < -0.39 is 5.76 Å². The first-order chi connectivity index (χ1) is 10.7. The number of H-pyrrole nitrogens is 1. The summed E-state index contributed by atoms with van der Waals surface area (Å²) in [5.74, 6) is -0.0557. The maximum Gasteiger partial charge on any atom is 0.439 e. The topological polar surface area (TPSA) is 110 Å². The Morgan fingerprint density at radius 1 is 1.36 bits per heavy atom. The molecular weight excluding hydrogens is 288 g/mol. The van der Waals surface area contributed by atoms with Crippen LogP contribution >= 0.6 is 0 Å². The predicted molar refractivity (Wildman–Crippen MR) is 74.1 cm³/mol. The van der Waals surface area contributed by atoms with Crippen molar-refractivity contribution in [3.8, 4) is 11.4 Å². The lowest BCUT2D eigenvalue weighted by atomic mass is 9.75. The number of amides is 1. The summed E-state index contributed by atoms with van der Waals surface area (Å²) in [6.45, 7) is 0.569. The molecule has 1 aliphatic carbocycles.